The van der Waals surface area contributed by atoms with Gasteiger partial charge in [-0.15, -0.1) is 0 Å². The molecule has 0 bridgehead atoms. The van der Waals surface area contributed by atoms with E-state index >= 15 is 19.2 Å². The third kappa shape index (κ3) is 19.0. The van der Waals surface area contributed by atoms with E-state index in [0.717, 1.165) is 0 Å². The van der Waals surface area contributed by atoms with E-state index in [2.05, 4.69) is 0 Å². The molecule has 4 aliphatic rings. The summed E-state index contributed by atoms with van der Waals surface area (Å²) in [5, 5.41) is 0. The number of fused-ring (bicyclic) bond motifs is 1. The highest BCUT2D eigenvalue weighted by Crippen LogP contribution is 2.43. The fourth-order valence-electron chi connectivity index (χ4n) is 13.1. The standard InChI is InChI=1S/C88H72O25/c89-76(54-31-11-1-12-32-54)98-51-64-67(104-78(91)56-35-15-3-16-36-56)70(105-79(92)57-37-17-4-18-38-57)73(107-81(94)59-41-21-6-22-42-59)87(101-64)112-72-69-66(53-100-85(110-69)63-49-29-10-30-50-63)102-86(75(72)109-83(96)61-45-25-8-26-46-61)111-68-65(52-99-77(90)55-33-13-2-14-34-55)103-88(113-84(97)62-47-27-9-28-48-62)74(108-82(95)60-43-23-7-24-44-60)71(68)106-80(93)58-39-19-5-20-40-58/h1-50,64-75,85-88H,51-53H2/t64-,65-,66-,67+,68-,69+,70+,71+,72+,73-,74+,75-,85?,86+,87+,88-/m1/s1. The maximum absolute atomic E-state index is 15.4. The molecule has 25 nitrogen and oxygen atoms in total. The first-order chi connectivity index (χ1) is 55.3. The zero-order valence-electron chi connectivity index (χ0n) is 59.9. The van der Waals surface area contributed by atoms with Crippen LogP contribution in [0.15, 0.2) is 303 Å². The predicted molar refractivity (Wildman–Crippen MR) is 395 cm³/mol. The molecule has 16 atom stereocenters. The van der Waals surface area contributed by atoms with Gasteiger partial charge in [0.25, 0.3) is 0 Å². The molecule has 14 rings (SSSR count). The Hall–Kier alpha value is -12.9. The van der Waals surface area contributed by atoms with Gasteiger partial charge in [0.15, 0.2) is 49.4 Å². The minimum atomic E-state index is -2.17. The van der Waals surface area contributed by atoms with Crippen LogP contribution in [0.1, 0.15) is 105 Å². The Morgan fingerprint density at radius 1 is 0.248 bits per heavy atom. The molecular formula is C88H72O25. The van der Waals surface area contributed by atoms with Gasteiger partial charge in [0.2, 0.25) is 12.4 Å². The molecule has 0 radical (unpaired) electrons. The van der Waals surface area contributed by atoms with Crippen molar-refractivity contribution in [3.63, 3.8) is 0 Å². The number of carbonyl (C=O) groups is 9. The Labute approximate surface area is 646 Å². The summed E-state index contributed by atoms with van der Waals surface area (Å²) in [6.45, 7) is -2.06. The summed E-state index contributed by atoms with van der Waals surface area (Å²) < 4.78 is 106. The van der Waals surface area contributed by atoms with Gasteiger partial charge in [0, 0.05) is 5.56 Å². The van der Waals surface area contributed by atoms with Crippen LogP contribution in [0, 0.1) is 0 Å². The average Bonchev–Trinajstić information content (AvgIpc) is 0.752. The second-order valence-corrected chi connectivity index (χ2v) is 26.1. The van der Waals surface area contributed by atoms with Crippen LogP contribution in [0.2, 0.25) is 0 Å². The van der Waals surface area contributed by atoms with Gasteiger partial charge in [-0.05, 0) is 109 Å². The molecule has 10 aromatic carbocycles. The molecule has 0 amide bonds. The Morgan fingerprint density at radius 3 is 0.867 bits per heavy atom. The van der Waals surface area contributed by atoms with Gasteiger partial charge in [-0.3, -0.25) is 0 Å². The van der Waals surface area contributed by atoms with E-state index < -0.39 is 172 Å². The van der Waals surface area contributed by atoms with Crippen LogP contribution in [0.5, 0.6) is 0 Å². The Balaban J connectivity index is 0.944. The second-order valence-electron chi connectivity index (χ2n) is 26.1. The third-order valence-electron chi connectivity index (χ3n) is 18.6. The van der Waals surface area contributed by atoms with E-state index in [1.54, 1.807) is 194 Å². The first-order valence-corrected chi connectivity index (χ1v) is 36.1. The minimum Gasteiger partial charge on any atom is -0.459 e. The molecule has 0 aliphatic carbocycles. The van der Waals surface area contributed by atoms with Gasteiger partial charge in [0.1, 0.15) is 49.8 Å². The molecule has 10 aromatic rings. The topological polar surface area (TPSA) is 301 Å². The highest BCUT2D eigenvalue weighted by Gasteiger charge is 2.62. The molecule has 0 aromatic heterocycles. The van der Waals surface area contributed by atoms with E-state index in [1.807, 2.05) is 0 Å². The molecule has 4 fully saturated rings. The summed E-state index contributed by atoms with van der Waals surface area (Å²) in [5.41, 5.74) is 0.422. The van der Waals surface area contributed by atoms with Crippen molar-refractivity contribution in [2.45, 2.75) is 98.4 Å². The molecule has 4 heterocycles. The lowest BCUT2D eigenvalue weighted by atomic mass is 9.94. The van der Waals surface area contributed by atoms with Crippen LogP contribution in [0.3, 0.4) is 0 Å². The Morgan fingerprint density at radius 2 is 0.504 bits per heavy atom. The van der Waals surface area contributed by atoms with E-state index in [0.29, 0.717) is 5.56 Å². The van der Waals surface area contributed by atoms with Crippen molar-refractivity contribution in [3.05, 3.63) is 359 Å². The van der Waals surface area contributed by atoms with Crippen molar-refractivity contribution in [3.8, 4) is 0 Å². The monoisotopic (exact) mass is 1530 g/mol. The zero-order chi connectivity index (χ0) is 78.0. The number of hydrogen-bond acceptors (Lipinski definition) is 25. The van der Waals surface area contributed by atoms with Crippen molar-refractivity contribution in [2.75, 3.05) is 19.8 Å². The normalized spacial score (nSPS) is 24.4. The molecule has 0 N–H and O–H groups in total. The van der Waals surface area contributed by atoms with E-state index in [1.165, 1.54) is 109 Å². The van der Waals surface area contributed by atoms with Crippen molar-refractivity contribution < 1.29 is 119 Å². The molecule has 1 unspecified atom stereocenters. The second kappa shape index (κ2) is 36.8. The van der Waals surface area contributed by atoms with Gasteiger partial charge in [-0.25, -0.2) is 43.2 Å². The van der Waals surface area contributed by atoms with Crippen molar-refractivity contribution in [1.82, 2.24) is 0 Å². The minimum absolute atomic E-state index is 0.00104. The fourth-order valence-corrected chi connectivity index (χ4v) is 13.1. The zero-order valence-corrected chi connectivity index (χ0v) is 59.9. The predicted octanol–water partition coefficient (Wildman–Crippen LogP) is 12.0. The first kappa shape index (κ1) is 76.9. The Bertz CT molecular complexity index is 4870. The third-order valence-corrected chi connectivity index (χ3v) is 18.6. The number of ether oxygens (including phenoxy) is 16. The summed E-state index contributed by atoms with van der Waals surface area (Å²) in [6.07, 6.45) is -30.3. The molecule has 4 aliphatic heterocycles. The quantitative estimate of drug-likeness (QED) is 0.0379. The fraction of sp³-hybridized carbons (Fsp3) is 0.216. The lowest BCUT2D eigenvalue weighted by molar-refractivity contribution is -0.403. The largest absolute Gasteiger partial charge is 0.459 e. The SMILES string of the molecule is O=C(OC[C@H]1O[C@@H](O[C@H]2[C@H]3OC(c4ccccc4)OC[C@H]3O[C@@H](O[C@H]3[C@H](OC(=O)c4ccccc4)[C@H](OC(=O)c4ccccc4)[C@@H](OC(=O)c4ccccc4)O[C@@H]3COC(=O)c3ccccc3)[C@@H]2OC(=O)c2ccccc2)[C@H](OC(=O)c2ccccc2)[C@@H](OC(=O)c2ccccc2)[C@H]1OC(=O)c1ccccc1)c1ccccc1. The van der Waals surface area contributed by atoms with E-state index in [-0.39, 0.29) is 50.1 Å². The summed E-state index contributed by atoms with van der Waals surface area (Å²) in [6, 6.07) is 78.0. The van der Waals surface area contributed by atoms with Gasteiger partial charge in [-0.2, -0.15) is 0 Å². The van der Waals surface area contributed by atoms with Crippen LogP contribution in [-0.2, 0) is 75.8 Å². The number of carbonyl (C=O) groups excluding carboxylic acids is 9. The number of rotatable bonds is 25. The van der Waals surface area contributed by atoms with Crippen molar-refractivity contribution in [1.29, 1.82) is 0 Å². The number of benzene rings is 10. The molecule has 113 heavy (non-hydrogen) atoms. The van der Waals surface area contributed by atoms with Crippen LogP contribution in [0.4, 0.5) is 0 Å². The molecule has 25 heteroatoms. The first-order valence-electron chi connectivity index (χ1n) is 36.1. The van der Waals surface area contributed by atoms with E-state index in [4.69, 9.17) is 75.8 Å². The Kier molecular flexibility index (Phi) is 25.0. The molecule has 4 saturated heterocycles. The van der Waals surface area contributed by atoms with Crippen LogP contribution < -0.4 is 0 Å². The van der Waals surface area contributed by atoms with Crippen LogP contribution in [-0.4, -0.2) is 166 Å². The highest BCUT2D eigenvalue weighted by molar-refractivity contribution is 5.94. The van der Waals surface area contributed by atoms with Crippen molar-refractivity contribution in [2.24, 2.45) is 0 Å². The van der Waals surface area contributed by atoms with Gasteiger partial charge >= 0.3 is 53.7 Å². The lowest BCUT2D eigenvalue weighted by Gasteiger charge is -2.52. The summed E-state index contributed by atoms with van der Waals surface area (Å²) in [4.78, 5) is 133. The van der Waals surface area contributed by atoms with Gasteiger partial charge < -0.3 is 75.8 Å². The molecule has 0 spiro atoms. The van der Waals surface area contributed by atoms with Crippen LogP contribution in [0.25, 0.3) is 0 Å². The average molecular weight is 1530 g/mol. The maximum Gasteiger partial charge on any atom is 0.340 e. The summed E-state index contributed by atoms with van der Waals surface area (Å²) in [7, 11) is 0. The summed E-state index contributed by atoms with van der Waals surface area (Å²) >= 11 is 0. The van der Waals surface area contributed by atoms with Gasteiger partial charge in [-0.1, -0.05) is 194 Å². The molecular weight excluding hydrogens is 1460 g/mol. The molecule has 574 valence electrons. The lowest BCUT2D eigenvalue weighted by Crippen LogP contribution is -2.69. The van der Waals surface area contributed by atoms with Crippen LogP contribution >= 0.6 is 0 Å². The highest BCUT2D eigenvalue weighted by atomic mass is 16.8. The molecule has 0 saturated carbocycles. The summed E-state index contributed by atoms with van der Waals surface area (Å²) in [5.74, 6) is -9.11. The smallest absolute Gasteiger partial charge is 0.340 e. The number of hydrogen-bond donors (Lipinski definition) is 0. The van der Waals surface area contributed by atoms with Gasteiger partial charge in [0.05, 0.1) is 56.7 Å². The number of esters is 9. The maximum atomic E-state index is 15.4. The van der Waals surface area contributed by atoms with Crippen molar-refractivity contribution >= 4 is 53.7 Å². The van der Waals surface area contributed by atoms with E-state index in [9.17, 15) is 24.0 Å².